The van der Waals surface area contributed by atoms with Gasteiger partial charge in [-0.1, -0.05) is 42.5 Å². The maximum Gasteiger partial charge on any atom is 0.264 e. The Bertz CT molecular complexity index is 1370. The fourth-order valence-electron chi connectivity index (χ4n) is 3.88. The van der Waals surface area contributed by atoms with Crippen LogP contribution in [0.25, 0.3) is 0 Å². The highest BCUT2D eigenvalue weighted by atomic mass is 127. The molecule has 1 N–H and O–H groups in total. The summed E-state index contributed by atoms with van der Waals surface area (Å²) in [6.45, 7) is 8.92. The summed E-state index contributed by atoms with van der Waals surface area (Å²) in [4.78, 5) is 28.6. The second-order valence-corrected chi connectivity index (χ2v) is 13.3. The SMILES string of the molecule is Cc1ccccc1CN(C(=O)CN(c1ccc(I)cc1)S(=O)(=O)c1ccccc1)C(C)C(=O)NC(C)(C)C. The Morgan fingerprint density at radius 2 is 1.50 bits per heavy atom. The first kappa shape index (κ1) is 29.6. The lowest BCUT2D eigenvalue weighted by molar-refractivity contribution is -0.140. The third-order valence-corrected chi connectivity index (χ3v) is 8.50. The molecule has 0 saturated heterocycles. The van der Waals surface area contributed by atoms with Gasteiger partial charge in [0.2, 0.25) is 11.8 Å². The van der Waals surface area contributed by atoms with Crippen molar-refractivity contribution in [3.63, 3.8) is 0 Å². The van der Waals surface area contributed by atoms with E-state index in [0.717, 1.165) is 19.0 Å². The summed E-state index contributed by atoms with van der Waals surface area (Å²) in [5.74, 6) is -0.797. The largest absolute Gasteiger partial charge is 0.350 e. The van der Waals surface area contributed by atoms with Crippen LogP contribution in [0.4, 0.5) is 5.69 Å². The van der Waals surface area contributed by atoms with Crippen molar-refractivity contribution in [1.29, 1.82) is 0 Å². The Balaban J connectivity index is 2.03. The number of aryl methyl sites for hydroxylation is 1. The Morgan fingerprint density at radius 1 is 0.921 bits per heavy atom. The smallest absolute Gasteiger partial charge is 0.264 e. The van der Waals surface area contributed by atoms with Crippen LogP contribution in [0.1, 0.15) is 38.8 Å². The molecule has 2 amide bonds. The van der Waals surface area contributed by atoms with Gasteiger partial charge >= 0.3 is 0 Å². The number of sulfonamides is 1. The van der Waals surface area contributed by atoms with Crippen LogP contribution < -0.4 is 9.62 Å². The average molecular weight is 648 g/mol. The number of rotatable bonds is 9. The Kier molecular flexibility index (Phi) is 9.59. The fourth-order valence-corrected chi connectivity index (χ4v) is 5.68. The monoisotopic (exact) mass is 647 g/mol. The zero-order valence-corrected chi connectivity index (χ0v) is 25.3. The van der Waals surface area contributed by atoms with E-state index in [1.165, 1.54) is 17.0 Å². The van der Waals surface area contributed by atoms with Gasteiger partial charge in [0.25, 0.3) is 10.0 Å². The number of benzene rings is 3. The van der Waals surface area contributed by atoms with Crippen LogP contribution in [0.5, 0.6) is 0 Å². The highest BCUT2D eigenvalue weighted by Gasteiger charge is 2.33. The minimum atomic E-state index is -4.07. The molecule has 0 aliphatic heterocycles. The summed E-state index contributed by atoms with van der Waals surface area (Å²) in [6.07, 6.45) is 0. The molecule has 0 radical (unpaired) electrons. The van der Waals surface area contributed by atoms with Crippen molar-refractivity contribution < 1.29 is 18.0 Å². The maximum absolute atomic E-state index is 13.9. The van der Waals surface area contributed by atoms with Crippen molar-refractivity contribution in [3.05, 3.63) is 93.6 Å². The highest BCUT2D eigenvalue weighted by molar-refractivity contribution is 14.1. The molecule has 0 fully saturated rings. The fraction of sp³-hybridized carbons (Fsp3) is 0.310. The van der Waals surface area contributed by atoms with Gasteiger partial charge < -0.3 is 10.2 Å². The number of hydrogen-bond acceptors (Lipinski definition) is 4. The maximum atomic E-state index is 13.9. The summed E-state index contributed by atoms with van der Waals surface area (Å²) in [5.41, 5.74) is 1.72. The number of carbonyl (C=O) groups excluding carboxylic acids is 2. The van der Waals surface area contributed by atoms with Gasteiger partial charge in [-0.3, -0.25) is 13.9 Å². The van der Waals surface area contributed by atoms with Gasteiger partial charge in [0.15, 0.2) is 0 Å². The van der Waals surface area contributed by atoms with Gasteiger partial charge in [-0.05, 0) is 105 Å². The number of amides is 2. The van der Waals surface area contributed by atoms with Crippen molar-refractivity contribution in [1.82, 2.24) is 10.2 Å². The molecular weight excluding hydrogens is 613 g/mol. The van der Waals surface area contributed by atoms with Crippen LogP contribution in [-0.2, 0) is 26.2 Å². The molecule has 9 heteroatoms. The van der Waals surface area contributed by atoms with E-state index < -0.39 is 34.1 Å². The quantitative estimate of drug-likeness (QED) is 0.327. The van der Waals surface area contributed by atoms with Crippen molar-refractivity contribution in [2.75, 3.05) is 10.8 Å². The number of carbonyl (C=O) groups is 2. The Labute approximate surface area is 239 Å². The molecule has 0 aliphatic rings. The number of nitrogens with one attached hydrogen (secondary N) is 1. The molecule has 7 nitrogen and oxygen atoms in total. The van der Waals surface area contributed by atoms with Gasteiger partial charge in [-0.2, -0.15) is 0 Å². The number of nitrogens with zero attached hydrogens (tertiary/aromatic N) is 2. The molecule has 0 aromatic heterocycles. The lowest BCUT2D eigenvalue weighted by Crippen LogP contribution is -2.54. The van der Waals surface area contributed by atoms with Crippen molar-refractivity contribution in [3.8, 4) is 0 Å². The first-order chi connectivity index (χ1) is 17.8. The number of anilines is 1. The lowest BCUT2D eigenvalue weighted by Gasteiger charge is -2.33. The predicted molar refractivity (Wildman–Crippen MR) is 159 cm³/mol. The molecule has 0 spiro atoms. The van der Waals surface area contributed by atoms with E-state index in [0.29, 0.717) is 5.69 Å². The van der Waals surface area contributed by atoms with Gasteiger partial charge in [0.05, 0.1) is 10.6 Å². The zero-order chi connectivity index (χ0) is 28.1. The molecule has 0 aliphatic carbocycles. The predicted octanol–water partition coefficient (Wildman–Crippen LogP) is 5.13. The van der Waals surface area contributed by atoms with Crippen LogP contribution in [0, 0.1) is 10.5 Å². The second kappa shape index (κ2) is 12.3. The molecule has 38 heavy (non-hydrogen) atoms. The standard InChI is InChI=1S/C29H34IN3O4S/c1-21-11-9-10-12-23(21)19-32(22(2)28(35)31-29(3,4)5)27(34)20-33(25-17-15-24(30)16-18-25)38(36,37)26-13-7-6-8-14-26/h6-18,22H,19-20H2,1-5H3,(H,31,35). The van der Waals surface area contributed by atoms with E-state index in [4.69, 9.17) is 0 Å². The van der Waals surface area contributed by atoms with E-state index in [2.05, 4.69) is 27.9 Å². The minimum absolute atomic E-state index is 0.0790. The van der Waals surface area contributed by atoms with Gasteiger partial charge in [0.1, 0.15) is 12.6 Å². The van der Waals surface area contributed by atoms with Crippen LogP contribution in [0.2, 0.25) is 0 Å². The van der Waals surface area contributed by atoms with Crippen molar-refractivity contribution in [2.45, 2.75) is 57.6 Å². The average Bonchev–Trinajstić information content (AvgIpc) is 2.86. The van der Waals surface area contributed by atoms with Crippen LogP contribution in [-0.4, -0.2) is 43.3 Å². The van der Waals surface area contributed by atoms with E-state index in [1.54, 1.807) is 49.4 Å². The first-order valence-electron chi connectivity index (χ1n) is 12.3. The normalized spacial score (nSPS) is 12.5. The highest BCUT2D eigenvalue weighted by Crippen LogP contribution is 2.25. The molecule has 0 bridgehead atoms. The summed E-state index contributed by atoms with van der Waals surface area (Å²) < 4.78 is 29.6. The summed E-state index contributed by atoms with van der Waals surface area (Å²) in [7, 11) is -4.07. The molecule has 0 saturated carbocycles. The molecule has 202 valence electrons. The number of halogens is 1. The zero-order valence-electron chi connectivity index (χ0n) is 22.3. The minimum Gasteiger partial charge on any atom is -0.350 e. The molecule has 3 aromatic carbocycles. The summed E-state index contributed by atoms with van der Waals surface area (Å²) in [6, 6.07) is 21.8. The molecule has 3 rings (SSSR count). The van der Waals surface area contributed by atoms with E-state index in [1.807, 2.05) is 52.0 Å². The second-order valence-electron chi connectivity index (χ2n) is 10.2. The van der Waals surface area contributed by atoms with Crippen LogP contribution in [0.15, 0.2) is 83.8 Å². The van der Waals surface area contributed by atoms with Gasteiger partial charge in [0, 0.05) is 15.7 Å². The Hall–Kier alpha value is -2.92. The number of hydrogen-bond donors (Lipinski definition) is 1. The van der Waals surface area contributed by atoms with E-state index in [-0.39, 0.29) is 17.3 Å². The van der Waals surface area contributed by atoms with Gasteiger partial charge in [-0.15, -0.1) is 0 Å². The third-order valence-electron chi connectivity index (χ3n) is 5.99. The molecule has 1 atom stereocenters. The van der Waals surface area contributed by atoms with Crippen LogP contribution in [0.3, 0.4) is 0 Å². The van der Waals surface area contributed by atoms with Crippen molar-refractivity contribution >= 4 is 50.1 Å². The molecular formula is C29H34IN3O4S. The Morgan fingerprint density at radius 3 is 2.08 bits per heavy atom. The first-order valence-corrected chi connectivity index (χ1v) is 14.8. The molecule has 1 unspecified atom stereocenters. The third kappa shape index (κ3) is 7.57. The van der Waals surface area contributed by atoms with E-state index in [9.17, 15) is 18.0 Å². The molecule has 3 aromatic rings. The van der Waals surface area contributed by atoms with E-state index >= 15 is 0 Å². The van der Waals surface area contributed by atoms with Crippen LogP contribution >= 0.6 is 22.6 Å². The summed E-state index contributed by atoms with van der Waals surface area (Å²) >= 11 is 2.14. The lowest BCUT2D eigenvalue weighted by atomic mass is 10.1. The topological polar surface area (TPSA) is 86.8 Å². The summed E-state index contributed by atoms with van der Waals surface area (Å²) in [5, 5.41) is 2.94. The van der Waals surface area contributed by atoms with Crippen molar-refractivity contribution in [2.24, 2.45) is 0 Å². The van der Waals surface area contributed by atoms with Gasteiger partial charge in [-0.25, -0.2) is 8.42 Å². The molecule has 0 heterocycles.